The van der Waals surface area contributed by atoms with E-state index in [4.69, 9.17) is 9.47 Å². The summed E-state index contributed by atoms with van der Waals surface area (Å²) in [7, 11) is 0. The van der Waals surface area contributed by atoms with Crippen LogP contribution in [0.2, 0.25) is 0 Å². The van der Waals surface area contributed by atoms with Crippen LogP contribution in [0.5, 0.6) is 5.75 Å². The molecule has 0 spiro atoms. The molecule has 1 aliphatic rings. The molecule has 0 N–H and O–H groups in total. The van der Waals surface area contributed by atoms with Crippen molar-refractivity contribution in [1.29, 1.82) is 0 Å². The minimum absolute atomic E-state index is 0.154. The normalized spacial score (nSPS) is 16.8. The van der Waals surface area contributed by atoms with Crippen molar-refractivity contribution in [2.24, 2.45) is 0 Å². The Hall–Kier alpha value is -2.99. The third kappa shape index (κ3) is 3.90. The van der Waals surface area contributed by atoms with Crippen molar-refractivity contribution in [3.05, 3.63) is 66.0 Å². The van der Waals surface area contributed by atoms with Crippen LogP contribution in [-0.2, 0) is 11.3 Å². The van der Waals surface area contributed by atoms with Gasteiger partial charge in [-0.15, -0.1) is 0 Å². The molecule has 1 atom stereocenters. The lowest BCUT2D eigenvalue weighted by molar-refractivity contribution is -0.0384. The highest BCUT2D eigenvalue weighted by atomic mass is 16.5. The van der Waals surface area contributed by atoms with E-state index < -0.39 is 0 Å². The number of rotatable bonds is 6. The van der Waals surface area contributed by atoms with Gasteiger partial charge in [-0.3, -0.25) is 9.78 Å². The molecule has 1 aliphatic heterocycles. The van der Waals surface area contributed by atoms with Crippen molar-refractivity contribution >= 4 is 6.29 Å². The van der Waals surface area contributed by atoms with Crippen LogP contribution in [0.4, 0.5) is 0 Å². The van der Waals surface area contributed by atoms with E-state index in [1.165, 1.54) is 0 Å². The molecular weight excluding hydrogens is 342 g/mol. The van der Waals surface area contributed by atoms with Crippen molar-refractivity contribution in [2.75, 3.05) is 6.61 Å². The second-order valence-electron chi connectivity index (χ2n) is 6.49. The second kappa shape index (κ2) is 8.14. The average Bonchev–Trinajstić information content (AvgIpc) is 3.18. The van der Waals surface area contributed by atoms with Crippen LogP contribution in [0.25, 0.3) is 11.4 Å². The van der Waals surface area contributed by atoms with Gasteiger partial charge in [-0.1, -0.05) is 30.3 Å². The van der Waals surface area contributed by atoms with Gasteiger partial charge in [0.25, 0.3) is 0 Å². The molecule has 3 heterocycles. The van der Waals surface area contributed by atoms with E-state index >= 15 is 0 Å². The molecule has 1 unspecified atom stereocenters. The molecule has 2 aromatic heterocycles. The summed E-state index contributed by atoms with van der Waals surface area (Å²) in [6.07, 6.45) is 6.92. The molecule has 0 saturated carbocycles. The summed E-state index contributed by atoms with van der Waals surface area (Å²) in [5.41, 5.74) is 2.97. The number of ether oxygens (including phenoxy) is 2. The molecule has 6 heteroatoms. The maximum atomic E-state index is 11.5. The summed E-state index contributed by atoms with van der Waals surface area (Å²) in [4.78, 5) is 16.0. The molecule has 138 valence electrons. The fraction of sp³-hybridized carbons (Fsp3) is 0.286. The smallest absolute Gasteiger partial charge is 0.153 e. The van der Waals surface area contributed by atoms with Crippen LogP contribution in [0.1, 0.15) is 41.4 Å². The lowest BCUT2D eigenvalue weighted by Crippen LogP contribution is -2.20. The average molecular weight is 363 g/mol. The molecule has 0 radical (unpaired) electrons. The van der Waals surface area contributed by atoms with E-state index in [0.29, 0.717) is 35.9 Å². The van der Waals surface area contributed by atoms with Crippen molar-refractivity contribution in [1.82, 2.24) is 14.8 Å². The number of pyridine rings is 1. The van der Waals surface area contributed by atoms with E-state index in [1.54, 1.807) is 17.1 Å². The summed E-state index contributed by atoms with van der Waals surface area (Å²) in [5.74, 6) is 0.676. The first kappa shape index (κ1) is 17.4. The fourth-order valence-electron chi connectivity index (χ4n) is 3.21. The number of carbonyl (C=O) groups is 1. The standard InChI is InChI=1S/C21H21N3O3/c25-14-17-12-23-24(20-8-4-5-11-26-20)21(17)19-10-9-18(13-22-19)27-15-16-6-2-1-3-7-16/h1-3,6-7,9-10,12-14,20H,4-5,8,11,15H2. The van der Waals surface area contributed by atoms with Gasteiger partial charge in [-0.25, -0.2) is 4.68 Å². The minimum atomic E-state index is -0.154. The number of benzene rings is 1. The van der Waals surface area contributed by atoms with E-state index in [9.17, 15) is 4.79 Å². The van der Waals surface area contributed by atoms with Gasteiger partial charge in [0.2, 0.25) is 0 Å². The van der Waals surface area contributed by atoms with Gasteiger partial charge in [-0.2, -0.15) is 5.10 Å². The van der Waals surface area contributed by atoms with Crippen LogP contribution in [0.3, 0.4) is 0 Å². The van der Waals surface area contributed by atoms with Gasteiger partial charge in [0.1, 0.15) is 18.1 Å². The lowest BCUT2D eigenvalue weighted by Gasteiger charge is -2.24. The van der Waals surface area contributed by atoms with Crippen molar-refractivity contribution in [3.63, 3.8) is 0 Å². The predicted molar refractivity (Wildman–Crippen MR) is 100 cm³/mol. The summed E-state index contributed by atoms with van der Waals surface area (Å²) >= 11 is 0. The monoisotopic (exact) mass is 363 g/mol. The third-order valence-electron chi connectivity index (χ3n) is 4.61. The molecule has 0 amide bonds. The topological polar surface area (TPSA) is 66.2 Å². The molecule has 4 rings (SSSR count). The van der Waals surface area contributed by atoms with E-state index in [-0.39, 0.29) is 6.23 Å². The zero-order chi connectivity index (χ0) is 18.5. The van der Waals surface area contributed by atoms with Crippen molar-refractivity contribution in [3.8, 4) is 17.1 Å². The van der Waals surface area contributed by atoms with Crippen molar-refractivity contribution in [2.45, 2.75) is 32.1 Å². The highest BCUT2D eigenvalue weighted by molar-refractivity contribution is 5.84. The molecule has 0 aliphatic carbocycles. The van der Waals surface area contributed by atoms with Gasteiger partial charge in [0.05, 0.1) is 23.7 Å². The van der Waals surface area contributed by atoms with Gasteiger partial charge in [0.15, 0.2) is 12.5 Å². The maximum absolute atomic E-state index is 11.5. The summed E-state index contributed by atoms with van der Waals surface area (Å²) < 4.78 is 13.4. The Labute approximate surface area is 157 Å². The Morgan fingerprint density at radius 3 is 2.74 bits per heavy atom. The van der Waals surface area contributed by atoms with Crippen molar-refractivity contribution < 1.29 is 14.3 Å². The van der Waals surface area contributed by atoms with Gasteiger partial charge >= 0.3 is 0 Å². The molecule has 27 heavy (non-hydrogen) atoms. The number of nitrogens with zero attached hydrogens (tertiary/aromatic N) is 3. The van der Waals surface area contributed by atoms with E-state index in [2.05, 4.69) is 10.1 Å². The molecule has 1 fully saturated rings. The minimum Gasteiger partial charge on any atom is -0.487 e. The largest absolute Gasteiger partial charge is 0.487 e. The maximum Gasteiger partial charge on any atom is 0.153 e. The third-order valence-corrected chi connectivity index (χ3v) is 4.61. The first-order valence-electron chi connectivity index (χ1n) is 9.12. The first-order valence-corrected chi connectivity index (χ1v) is 9.12. The van der Waals surface area contributed by atoms with Gasteiger partial charge < -0.3 is 9.47 Å². The van der Waals surface area contributed by atoms with E-state index in [0.717, 1.165) is 31.1 Å². The Morgan fingerprint density at radius 1 is 1.15 bits per heavy atom. The molecule has 0 bridgehead atoms. The highest BCUT2D eigenvalue weighted by Crippen LogP contribution is 2.30. The summed E-state index contributed by atoms with van der Waals surface area (Å²) in [6, 6.07) is 13.7. The number of carbonyl (C=O) groups excluding carboxylic acids is 1. The van der Waals surface area contributed by atoms with Crippen LogP contribution < -0.4 is 4.74 Å². The summed E-state index contributed by atoms with van der Waals surface area (Å²) in [5, 5.41) is 4.37. The Morgan fingerprint density at radius 2 is 2.04 bits per heavy atom. The first-order chi connectivity index (χ1) is 13.3. The number of aldehydes is 1. The summed E-state index contributed by atoms with van der Waals surface area (Å²) in [6.45, 7) is 1.19. The molecule has 1 aromatic carbocycles. The lowest BCUT2D eigenvalue weighted by atomic mass is 10.1. The predicted octanol–water partition coefficient (Wildman–Crippen LogP) is 4.04. The fourth-order valence-corrected chi connectivity index (χ4v) is 3.21. The number of aromatic nitrogens is 3. The zero-order valence-electron chi connectivity index (χ0n) is 15.0. The SMILES string of the molecule is O=Cc1cnn(C2CCCCO2)c1-c1ccc(OCc2ccccc2)cn1. The van der Waals surface area contributed by atoms with E-state index in [1.807, 2.05) is 42.5 Å². The zero-order valence-corrected chi connectivity index (χ0v) is 15.0. The Kier molecular flexibility index (Phi) is 5.25. The second-order valence-corrected chi connectivity index (χ2v) is 6.49. The van der Waals surface area contributed by atoms with Crippen LogP contribution in [0.15, 0.2) is 54.9 Å². The van der Waals surface area contributed by atoms with Gasteiger partial charge in [-0.05, 0) is 37.0 Å². The van der Waals surface area contributed by atoms with Crippen LogP contribution >= 0.6 is 0 Å². The highest BCUT2D eigenvalue weighted by Gasteiger charge is 2.23. The Bertz CT molecular complexity index is 885. The van der Waals surface area contributed by atoms with Crippen LogP contribution in [0, 0.1) is 0 Å². The molecule has 6 nitrogen and oxygen atoms in total. The molecular formula is C21H21N3O3. The number of hydrogen-bond acceptors (Lipinski definition) is 5. The van der Waals surface area contributed by atoms with Crippen LogP contribution in [-0.4, -0.2) is 27.7 Å². The Balaban J connectivity index is 1.54. The molecule has 3 aromatic rings. The quantitative estimate of drug-likeness (QED) is 0.619. The van der Waals surface area contributed by atoms with Gasteiger partial charge in [0, 0.05) is 6.61 Å². The number of hydrogen-bond donors (Lipinski definition) is 0. The molecule has 1 saturated heterocycles.